The number of nitrogens with zero attached hydrogens (tertiary/aromatic N) is 5. The first-order valence-corrected chi connectivity index (χ1v) is 19.1. The number of carboxylic acids is 1. The molecule has 270 valence electrons. The third-order valence-electron chi connectivity index (χ3n) is 9.20. The molecule has 11 nitrogen and oxygen atoms in total. The molecule has 0 saturated heterocycles. The van der Waals surface area contributed by atoms with Gasteiger partial charge >= 0.3 is 5.97 Å². The Kier molecular flexibility index (Phi) is 10.6. The van der Waals surface area contributed by atoms with Gasteiger partial charge < -0.3 is 10.0 Å². The number of amides is 2. The van der Waals surface area contributed by atoms with E-state index in [9.17, 15) is 14.4 Å². The molecule has 0 fully saturated rings. The van der Waals surface area contributed by atoms with Crippen LogP contribution in [0.25, 0.3) is 21.3 Å². The highest BCUT2D eigenvalue weighted by Crippen LogP contribution is 2.33. The molecular formula is C40H39N7O4S2. The van der Waals surface area contributed by atoms with Crippen molar-refractivity contribution in [2.24, 2.45) is 5.92 Å². The molecule has 1 aliphatic rings. The number of anilines is 2. The lowest BCUT2D eigenvalue weighted by atomic mass is 9.94. The van der Waals surface area contributed by atoms with Gasteiger partial charge in [0.25, 0.3) is 11.8 Å². The number of carbonyl (C=O) groups excluding carboxylic acids is 2. The molecule has 0 aliphatic carbocycles. The minimum absolute atomic E-state index is 0.0580. The summed E-state index contributed by atoms with van der Waals surface area (Å²) in [5.74, 6) is -0.387. The topological polar surface area (TPSA) is 142 Å². The van der Waals surface area contributed by atoms with Crippen LogP contribution in [0.5, 0.6) is 0 Å². The van der Waals surface area contributed by atoms with E-state index < -0.39 is 5.97 Å². The van der Waals surface area contributed by atoms with Gasteiger partial charge in [0.05, 0.1) is 16.4 Å². The number of aromatic nitrogens is 4. The second-order valence-electron chi connectivity index (χ2n) is 13.4. The number of thiazole rings is 1. The Balaban J connectivity index is 1.15. The molecule has 0 saturated carbocycles. The lowest BCUT2D eigenvalue weighted by molar-refractivity contribution is -0.136. The zero-order valence-electron chi connectivity index (χ0n) is 29.6. The predicted octanol–water partition coefficient (Wildman–Crippen LogP) is 7.79. The van der Waals surface area contributed by atoms with E-state index in [0.717, 1.165) is 49.6 Å². The van der Waals surface area contributed by atoms with Crippen molar-refractivity contribution in [1.29, 1.82) is 0 Å². The highest BCUT2D eigenvalue weighted by atomic mass is 32.2. The molecule has 3 aromatic heterocycles. The number of carbonyl (C=O) groups is 3. The van der Waals surface area contributed by atoms with Crippen LogP contribution in [-0.4, -0.2) is 49.2 Å². The van der Waals surface area contributed by atoms with Crippen LogP contribution in [0.2, 0.25) is 0 Å². The second-order valence-corrected chi connectivity index (χ2v) is 15.3. The Morgan fingerprint density at radius 3 is 2.53 bits per heavy atom. The molecule has 4 heterocycles. The number of pyridine rings is 1. The Hall–Kier alpha value is -5.53. The first-order chi connectivity index (χ1) is 25.6. The monoisotopic (exact) mass is 745 g/mol. The molecule has 0 spiro atoms. The van der Waals surface area contributed by atoms with Gasteiger partial charge in [-0.1, -0.05) is 61.6 Å². The Bertz CT molecular complexity index is 2280. The van der Waals surface area contributed by atoms with Crippen LogP contribution in [0.4, 0.5) is 10.9 Å². The van der Waals surface area contributed by atoms with E-state index in [1.807, 2.05) is 84.4 Å². The standard InChI is InChI=1S/C40H39N7O4S2/c1-24(2)22-47-25(3)31(21-41-47)29-16-17-35(43-37(29)39(51)45-53-28-14-11-26(12-15-28)13-18-36(48)49)46-20-19-27-7-6-8-30(32(27)23-46)38(50)44-40-42-33-9-4-5-10-34(33)52-40/h4-12,14-17,21,24H,13,18-20,22-23H2,1-3H3,(H,45,51)(H,48,49)(H,42,44,50). The Morgan fingerprint density at radius 1 is 0.943 bits per heavy atom. The van der Waals surface area contributed by atoms with Gasteiger partial charge in [-0.25, -0.2) is 9.97 Å². The molecule has 3 aromatic carbocycles. The number of rotatable bonds is 12. The molecule has 0 radical (unpaired) electrons. The maximum absolute atomic E-state index is 14.0. The number of hydrogen-bond acceptors (Lipinski definition) is 9. The van der Waals surface area contributed by atoms with Gasteiger partial charge in [-0.15, -0.1) is 0 Å². The van der Waals surface area contributed by atoms with Crippen molar-refractivity contribution in [3.8, 4) is 11.1 Å². The predicted molar refractivity (Wildman–Crippen MR) is 210 cm³/mol. The second kappa shape index (κ2) is 15.6. The normalized spacial score (nSPS) is 12.6. The smallest absolute Gasteiger partial charge is 0.303 e. The van der Waals surface area contributed by atoms with Crippen molar-refractivity contribution >= 4 is 62.2 Å². The van der Waals surface area contributed by atoms with Crippen LogP contribution in [0.15, 0.2) is 90.0 Å². The summed E-state index contributed by atoms with van der Waals surface area (Å²) in [5, 5.41) is 17.2. The summed E-state index contributed by atoms with van der Waals surface area (Å²) in [5.41, 5.74) is 7.09. The highest BCUT2D eigenvalue weighted by Gasteiger charge is 2.26. The van der Waals surface area contributed by atoms with E-state index in [-0.39, 0.29) is 23.9 Å². The van der Waals surface area contributed by atoms with Gasteiger partial charge in [0, 0.05) is 53.3 Å². The summed E-state index contributed by atoms with van der Waals surface area (Å²) in [6.07, 6.45) is 3.00. The summed E-state index contributed by atoms with van der Waals surface area (Å²) in [7, 11) is 0. The van der Waals surface area contributed by atoms with Crippen molar-refractivity contribution in [2.45, 2.75) is 58.0 Å². The molecule has 1 aliphatic heterocycles. The van der Waals surface area contributed by atoms with Crippen molar-refractivity contribution < 1.29 is 19.5 Å². The Labute approximate surface area is 315 Å². The molecule has 0 unspecified atom stereocenters. The fraction of sp³-hybridized carbons (Fsp3) is 0.250. The van der Waals surface area contributed by atoms with E-state index in [4.69, 9.17) is 10.1 Å². The Morgan fingerprint density at radius 2 is 1.75 bits per heavy atom. The van der Waals surface area contributed by atoms with Crippen LogP contribution in [-0.2, 0) is 30.7 Å². The minimum atomic E-state index is -0.841. The molecule has 53 heavy (non-hydrogen) atoms. The SMILES string of the molecule is Cc1c(-c2ccc(N3CCc4cccc(C(=O)Nc5nc6ccccc6s5)c4C3)nc2C(=O)NSc2ccc(CCC(=O)O)cc2)cnn1CC(C)C. The number of para-hydroxylation sites is 1. The molecule has 7 rings (SSSR count). The summed E-state index contributed by atoms with van der Waals surface area (Å²) in [4.78, 5) is 51.1. The van der Waals surface area contributed by atoms with Gasteiger partial charge in [0.1, 0.15) is 11.5 Å². The quantitative estimate of drug-likeness (QED) is 0.107. The molecule has 13 heteroatoms. The van der Waals surface area contributed by atoms with E-state index in [1.54, 1.807) is 6.20 Å². The number of fused-ring (bicyclic) bond motifs is 2. The van der Waals surface area contributed by atoms with Gasteiger partial charge in [-0.05, 0) is 96.8 Å². The number of benzene rings is 3. The zero-order valence-corrected chi connectivity index (χ0v) is 31.3. The fourth-order valence-electron chi connectivity index (χ4n) is 6.46. The lowest BCUT2D eigenvalue weighted by Crippen LogP contribution is -2.33. The number of hydrogen-bond donors (Lipinski definition) is 3. The van der Waals surface area contributed by atoms with Gasteiger partial charge in [-0.2, -0.15) is 5.10 Å². The highest BCUT2D eigenvalue weighted by molar-refractivity contribution is 7.98. The molecule has 2 amide bonds. The molecule has 6 aromatic rings. The molecule has 3 N–H and O–H groups in total. The van der Waals surface area contributed by atoms with Gasteiger partial charge in [-0.3, -0.25) is 29.1 Å². The van der Waals surface area contributed by atoms with Crippen LogP contribution >= 0.6 is 23.3 Å². The first kappa shape index (κ1) is 35.9. The van der Waals surface area contributed by atoms with Gasteiger partial charge in [0.2, 0.25) is 0 Å². The van der Waals surface area contributed by atoms with Crippen molar-refractivity contribution in [3.05, 3.63) is 119 Å². The summed E-state index contributed by atoms with van der Waals surface area (Å²) in [6, 6.07) is 25.0. The van der Waals surface area contributed by atoms with Crippen LogP contribution in [0, 0.1) is 12.8 Å². The van der Waals surface area contributed by atoms with Crippen LogP contribution in [0.1, 0.15) is 63.5 Å². The largest absolute Gasteiger partial charge is 0.481 e. The molecule has 0 atom stereocenters. The van der Waals surface area contributed by atoms with E-state index in [1.165, 1.54) is 23.3 Å². The molecular weight excluding hydrogens is 707 g/mol. The van der Waals surface area contributed by atoms with E-state index >= 15 is 0 Å². The van der Waals surface area contributed by atoms with Crippen molar-refractivity contribution in [3.63, 3.8) is 0 Å². The lowest BCUT2D eigenvalue weighted by Gasteiger charge is -2.31. The fourth-order valence-corrected chi connectivity index (χ4v) is 7.90. The van der Waals surface area contributed by atoms with Crippen molar-refractivity contribution in [1.82, 2.24) is 24.5 Å². The van der Waals surface area contributed by atoms with Crippen molar-refractivity contribution in [2.75, 3.05) is 16.8 Å². The number of nitrogens with one attached hydrogen (secondary N) is 2. The zero-order chi connectivity index (χ0) is 37.1. The van der Waals surface area contributed by atoms with E-state index in [2.05, 4.69) is 44.9 Å². The number of aliphatic carboxylic acids is 1. The maximum Gasteiger partial charge on any atom is 0.303 e. The van der Waals surface area contributed by atoms with Crippen LogP contribution in [0.3, 0.4) is 0 Å². The average molecular weight is 746 g/mol. The summed E-state index contributed by atoms with van der Waals surface area (Å²) >= 11 is 2.62. The number of carboxylic acid groups (broad SMARTS) is 1. The first-order valence-electron chi connectivity index (χ1n) is 17.5. The third kappa shape index (κ3) is 8.11. The minimum Gasteiger partial charge on any atom is -0.481 e. The summed E-state index contributed by atoms with van der Waals surface area (Å²) < 4.78 is 5.94. The van der Waals surface area contributed by atoms with Gasteiger partial charge in [0.15, 0.2) is 5.13 Å². The average Bonchev–Trinajstić information content (AvgIpc) is 3.74. The number of aryl methyl sites for hydroxylation is 1. The van der Waals surface area contributed by atoms with E-state index in [0.29, 0.717) is 53.9 Å². The maximum atomic E-state index is 14.0. The molecule has 0 bridgehead atoms. The summed E-state index contributed by atoms with van der Waals surface area (Å²) in [6.45, 7) is 8.14. The van der Waals surface area contributed by atoms with Crippen LogP contribution < -0.4 is 14.9 Å². The third-order valence-corrected chi connectivity index (χ3v) is 10.9.